The van der Waals surface area contributed by atoms with E-state index in [0.29, 0.717) is 6.54 Å². The number of imidazole rings is 1. The van der Waals surface area contributed by atoms with Gasteiger partial charge in [0.15, 0.2) is 0 Å². The highest BCUT2D eigenvalue weighted by Crippen LogP contribution is 2.26. The standard InChI is InChI=1S/C15H18N4/c1-10-3-4-11-8-14(19(2)13(11)7-10)12-9-17-15(18-12)5-6-16/h3-4,7-9H,5-6,16H2,1-2H3,(H,17,18). The van der Waals surface area contributed by atoms with Crippen molar-refractivity contribution in [3.05, 3.63) is 41.9 Å². The van der Waals surface area contributed by atoms with E-state index >= 15 is 0 Å². The fourth-order valence-corrected chi connectivity index (χ4v) is 2.45. The molecule has 98 valence electrons. The molecule has 0 radical (unpaired) electrons. The van der Waals surface area contributed by atoms with Crippen molar-refractivity contribution in [2.45, 2.75) is 13.3 Å². The van der Waals surface area contributed by atoms with Gasteiger partial charge in [0.1, 0.15) is 5.82 Å². The van der Waals surface area contributed by atoms with Crippen LogP contribution in [0.3, 0.4) is 0 Å². The van der Waals surface area contributed by atoms with Crippen molar-refractivity contribution in [1.82, 2.24) is 14.5 Å². The minimum Gasteiger partial charge on any atom is -0.342 e. The Kier molecular flexibility index (Phi) is 2.87. The quantitative estimate of drug-likeness (QED) is 0.754. The molecule has 2 aromatic heterocycles. The third kappa shape index (κ3) is 2.04. The number of aromatic nitrogens is 3. The van der Waals surface area contributed by atoms with Crippen LogP contribution in [0.1, 0.15) is 11.4 Å². The topological polar surface area (TPSA) is 59.6 Å². The number of benzene rings is 1. The van der Waals surface area contributed by atoms with E-state index in [4.69, 9.17) is 5.73 Å². The van der Waals surface area contributed by atoms with Gasteiger partial charge in [-0.3, -0.25) is 0 Å². The van der Waals surface area contributed by atoms with Gasteiger partial charge < -0.3 is 15.3 Å². The van der Waals surface area contributed by atoms with E-state index in [9.17, 15) is 0 Å². The molecule has 0 aliphatic rings. The molecule has 0 saturated carbocycles. The van der Waals surface area contributed by atoms with E-state index in [1.807, 2.05) is 6.20 Å². The first-order valence-corrected chi connectivity index (χ1v) is 6.49. The van der Waals surface area contributed by atoms with Gasteiger partial charge in [-0.1, -0.05) is 12.1 Å². The van der Waals surface area contributed by atoms with E-state index in [-0.39, 0.29) is 0 Å². The molecule has 0 amide bonds. The van der Waals surface area contributed by atoms with Crippen LogP contribution in [0.5, 0.6) is 0 Å². The van der Waals surface area contributed by atoms with E-state index in [1.165, 1.54) is 16.5 Å². The Balaban J connectivity index is 2.11. The molecule has 0 atom stereocenters. The Morgan fingerprint density at radius 1 is 1.32 bits per heavy atom. The number of aromatic amines is 1. The van der Waals surface area contributed by atoms with Crippen molar-refractivity contribution >= 4 is 10.9 Å². The lowest BCUT2D eigenvalue weighted by atomic mass is 10.2. The first kappa shape index (κ1) is 12.0. The lowest BCUT2D eigenvalue weighted by Crippen LogP contribution is -2.03. The molecule has 0 fully saturated rings. The summed E-state index contributed by atoms with van der Waals surface area (Å²) in [6, 6.07) is 8.69. The molecule has 3 rings (SSSR count). The Labute approximate surface area is 112 Å². The van der Waals surface area contributed by atoms with Gasteiger partial charge in [0.25, 0.3) is 0 Å². The summed E-state index contributed by atoms with van der Waals surface area (Å²) in [4.78, 5) is 7.70. The maximum Gasteiger partial charge on any atom is 0.107 e. The maximum absolute atomic E-state index is 5.55. The molecule has 0 saturated heterocycles. The summed E-state index contributed by atoms with van der Waals surface area (Å²) >= 11 is 0. The summed E-state index contributed by atoms with van der Waals surface area (Å²) in [5.74, 6) is 0.943. The van der Waals surface area contributed by atoms with Crippen molar-refractivity contribution in [1.29, 1.82) is 0 Å². The van der Waals surface area contributed by atoms with Crippen LogP contribution in [0.15, 0.2) is 30.5 Å². The first-order chi connectivity index (χ1) is 9.19. The van der Waals surface area contributed by atoms with Crippen LogP contribution in [0.25, 0.3) is 22.3 Å². The second-order valence-corrected chi connectivity index (χ2v) is 4.93. The van der Waals surface area contributed by atoms with E-state index < -0.39 is 0 Å². The number of H-pyrrole nitrogens is 1. The van der Waals surface area contributed by atoms with Crippen LogP contribution in [0.4, 0.5) is 0 Å². The molecule has 0 aliphatic carbocycles. The van der Waals surface area contributed by atoms with Gasteiger partial charge in [0.2, 0.25) is 0 Å². The fraction of sp³-hybridized carbons (Fsp3) is 0.267. The van der Waals surface area contributed by atoms with Crippen LogP contribution in [-0.2, 0) is 13.5 Å². The molecule has 4 heteroatoms. The highest BCUT2D eigenvalue weighted by Gasteiger charge is 2.10. The van der Waals surface area contributed by atoms with Gasteiger partial charge in [0.05, 0.1) is 17.6 Å². The number of rotatable bonds is 3. The third-order valence-electron chi connectivity index (χ3n) is 3.49. The minimum absolute atomic E-state index is 0.612. The Morgan fingerprint density at radius 3 is 2.95 bits per heavy atom. The van der Waals surface area contributed by atoms with Crippen molar-refractivity contribution < 1.29 is 0 Å². The molecule has 3 N–H and O–H groups in total. The van der Waals surface area contributed by atoms with Crippen LogP contribution in [0, 0.1) is 6.92 Å². The monoisotopic (exact) mass is 254 g/mol. The van der Waals surface area contributed by atoms with Crippen molar-refractivity contribution in [2.75, 3.05) is 6.54 Å². The molecule has 3 aromatic rings. The summed E-state index contributed by atoms with van der Waals surface area (Å²) in [6.45, 7) is 2.73. The maximum atomic E-state index is 5.55. The Morgan fingerprint density at radius 2 is 2.16 bits per heavy atom. The Hall–Kier alpha value is -2.07. The largest absolute Gasteiger partial charge is 0.342 e. The molecule has 2 heterocycles. The zero-order valence-corrected chi connectivity index (χ0v) is 11.3. The van der Waals surface area contributed by atoms with Gasteiger partial charge in [-0.25, -0.2) is 4.98 Å². The fourth-order valence-electron chi connectivity index (χ4n) is 2.45. The number of nitrogens with zero attached hydrogens (tertiary/aromatic N) is 2. The Bertz CT molecular complexity index is 721. The molecule has 0 bridgehead atoms. The zero-order valence-electron chi connectivity index (χ0n) is 11.3. The van der Waals surface area contributed by atoms with Gasteiger partial charge in [-0.15, -0.1) is 0 Å². The normalized spacial score (nSPS) is 11.3. The van der Waals surface area contributed by atoms with Crippen LogP contribution >= 0.6 is 0 Å². The number of nitrogens with two attached hydrogens (primary N) is 1. The third-order valence-corrected chi connectivity index (χ3v) is 3.49. The molecular formula is C15H18N4. The van der Waals surface area contributed by atoms with Crippen molar-refractivity contribution in [3.8, 4) is 11.4 Å². The van der Waals surface area contributed by atoms with E-state index in [0.717, 1.165) is 23.6 Å². The number of fused-ring (bicyclic) bond motifs is 1. The molecule has 1 aromatic carbocycles. The van der Waals surface area contributed by atoms with E-state index in [1.54, 1.807) is 0 Å². The number of hydrogen-bond acceptors (Lipinski definition) is 2. The number of nitrogens with one attached hydrogen (secondary N) is 1. The zero-order chi connectivity index (χ0) is 13.4. The van der Waals surface area contributed by atoms with Crippen LogP contribution < -0.4 is 5.73 Å². The summed E-state index contributed by atoms with van der Waals surface area (Å²) in [5, 5.41) is 1.25. The highest BCUT2D eigenvalue weighted by molar-refractivity contribution is 5.86. The summed E-state index contributed by atoms with van der Waals surface area (Å²) in [6.07, 6.45) is 2.66. The number of hydrogen-bond donors (Lipinski definition) is 2. The first-order valence-electron chi connectivity index (χ1n) is 6.49. The molecule has 0 spiro atoms. The van der Waals surface area contributed by atoms with Crippen molar-refractivity contribution in [3.63, 3.8) is 0 Å². The van der Waals surface area contributed by atoms with Gasteiger partial charge in [0, 0.05) is 24.4 Å². The van der Waals surface area contributed by atoms with Gasteiger partial charge >= 0.3 is 0 Å². The van der Waals surface area contributed by atoms with E-state index in [2.05, 4.69) is 52.8 Å². The SMILES string of the molecule is Cc1ccc2cc(-c3cnc(CCN)[nH]3)n(C)c2c1. The molecule has 0 aliphatic heterocycles. The average Bonchev–Trinajstić information content (AvgIpc) is 2.96. The second kappa shape index (κ2) is 4.55. The molecular weight excluding hydrogens is 236 g/mol. The molecule has 19 heavy (non-hydrogen) atoms. The lowest BCUT2D eigenvalue weighted by Gasteiger charge is -2.02. The predicted octanol–water partition coefficient (Wildman–Crippen LogP) is 2.38. The van der Waals surface area contributed by atoms with Crippen molar-refractivity contribution in [2.24, 2.45) is 12.8 Å². The van der Waals surface area contributed by atoms with Crippen LogP contribution in [-0.4, -0.2) is 21.1 Å². The summed E-state index contributed by atoms with van der Waals surface area (Å²) in [7, 11) is 2.08. The second-order valence-electron chi connectivity index (χ2n) is 4.93. The summed E-state index contributed by atoms with van der Waals surface area (Å²) in [5.41, 5.74) is 10.3. The molecule has 0 unspecified atom stereocenters. The highest BCUT2D eigenvalue weighted by atomic mass is 15.0. The van der Waals surface area contributed by atoms with Gasteiger partial charge in [-0.2, -0.15) is 0 Å². The predicted molar refractivity (Wildman–Crippen MR) is 78.0 cm³/mol. The van der Waals surface area contributed by atoms with Gasteiger partial charge in [-0.05, 0) is 31.2 Å². The number of aryl methyl sites for hydroxylation is 2. The van der Waals surface area contributed by atoms with Crippen LogP contribution in [0.2, 0.25) is 0 Å². The smallest absolute Gasteiger partial charge is 0.107 e. The minimum atomic E-state index is 0.612. The lowest BCUT2D eigenvalue weighted by molar-refractivity contribution is 0.893. The molecule has 4 nitrogen and oxygen atoms in total. The summed E-state index contributed by atoms with van der Waals surface area (Å²) < 4.78 is 2.20. The average molecular weight is 254 g/mol.